The number of hydrogen-bond acceptors (Lipinski definition) is 3. The van der Waals surface area contributed by atoms with Crippen LogP contribution in [0.2, 0.25) is 0 Å². The molecule has 0 fully saturated rings. The van der Waals surface area contributed by atoms with E-state index >= 15 is 0 Å². The molecule has 3 rings (SSSR count). The maximum Gasteiger partial charge on any atom is 0.409 e. The average molecular weight is 367 g/mol. The molecule has 0 saturated heterocycles. The highest BCUT2D eigenvalue weighted by molar-refractivity contribution is 9.15. The third kappa shape index (κ3) is 2.53. The van der Waals surface area contributed by atoms with E-state index in [4.69, 9.17) is 9.26 Å². The number of hydrogen-bond donors (Lipinski definition) is 1. The molecule has 2 aromatic rings. The molecule has 4 nitrogen and oxygen atoms in total. The fourth-order valence-electron chi connectivity index (χ4n) is 2.16. The maximum atomic E-state index is 12.5. The van der Waals surface area contributed by atoms with Crippen molar-refractivity contribution in [2.75, 3.05) is 7.11 Å². The van der Waals surface area contributed by atoms with Crippen LogP contribution in [-0.2, 0) is 9.09 Å². The zero-order valence-electron chi connectivity index (χ0n) is 11.1. The standard InChI is InChI=1S/C15H12BrO4P/c1-19-11-7-8-12-13(9-11)21(17,18)20-15(14(12)16)10-5-3-2-4-6-10/h2-9H,1H3,(H,17,18). The SMILES string of the molecule is COc1ccc2c(c1)P(=O)(O)OC(c1ccccc1)=C2Br. The second kappa shape index (κ2) is 5.34. The molecule has 0 radical (unpaired) electrons. The Morgan fingerprint density at radius 2 is 1.90 bits per heavy atom. The molecule has 1 unspecified atom stereocenters. The smallest absolute Gasteiger partial charge is 0.409 e. The minimum absolute atomic E-state index is 0.230. The largest absolute Gasteiger partial charge is 0.497 e. The van der Waals surface area contributed by atoms with Crippen molar-refractivity contribution in [1.82, 2.24) is 0 Å². The van der Waals surface area contributed by atoms with Crippen molar-refractivity contribution < 1.29 is 18.7 Å². The Morgan fingerprint density at radius 1 is 1.19 bits per heavy atom. The summed E-state index contributed by atoms with van der Waals surface area (Å²) in [5, 5.41) is 0.230. The molecule has 1 N–H and O–H groups in total. The lowest BCUT2D eigenvalue weighted by Gasteiger charge is -2.25. The van der Waals surface area contributed by atoms with Crippen LogP contribution in [0, 0.1) is 0 Å². The molecule has 0 bridgehead atoms. The van der Waals surface area contributed by atoms with Gasteiger partial charge in [-0.1, -0.05) is 30.3 Å². The summed E-state index contributed by atoms with van der Waals surface area (Å²) in [6.45, 7) is 0. The molecule has 21 heavy (non-hydrogen) atoms. The normalized spacial score (nSPS) is 20.7. The predicted molar refractivity (Wildman–Crippen MR) is 85.7 cm³/mol. The van der Waals surface area contributed by atoms with Gasteiger partial charge in [-0.3, -0.25) is 0 Å². The third-order valence-corrected chi connectivity index (χ3v) is 5.39. The van der Waals surface area contributed by atoms with Gasteiger partial charge in [-0.25, -0.2) is 4.57 Å². The number of halogens is 1. The van der Waals surface area contributed by atoms with Gasteiger partial charge in [0.2, 0.25) is 0 Å². The van der Waals surface area contributed by atoms with Crippen LogP contribution in [-0.4, -0.2) is 12.0 Å². The number of fused-ring (bicyclic) bond motifs is 1. The van der Waals surface area contributed by atoms with Gasteiger partial charge in [0.1, 0.15) is 5.75 Å². The van der Waals surface area contributed by atoms with Crippen molar-refractivity contribution in [1.29, 1.82) is 0 Å². The molecule has 1 aliphatic heterocycles. The Kier molecular flexibility index (Phi) is 3.66. The number of rotatable bonds is 2. The summed E-state index contributed by atoms with van der Waals surface area (Å²) in [6.07, 6.45) is 0. The first-order valence-electron chi connectivity index (χ1n) is 6.19. The van der Waals surface area contributed by atoms with Crippen LogP contribution in [0.5, 0.6) is 5.75 Å². The summed E-state index contributed by atoms with van der Waals surface area (Å²) >= 11 is 3.47. The van der Waals surface area contributed by atoms with Gasteiger partial charge < -0.3 is 14.2 Å². The summed E-state index contributed by atoms with van der Waals surface area (Å²) in [5.74, 6) is 0.870. The first-order chi connectivity index (χ1) is 10.0. The summed E-state index contributed by atoms with van der Waals surface area (Å²) in [5.41, 5.74) is 1.37. The molecule has 108 valence electrons. The van der Waals surface area contributed by atoms with Crippen LogP contribution in [0.4, 0.5) is 0 Å². The van der Waals surface area contributed by atoms with Gasteiger partial charge in [0.05, 0.1) is 16.9 Å². The van der Waals surface area contributed by atoms with Crippen molar-refractivity contribution in [3.8, 4) is 5.75 Å². The van der Waals surface area contributed by atoms with Crippen LogP contribution in [0.3, 0.4) is 0 Å². The maximum absolute atomic E-state index is 12.5. The summed E-state index contributed by atoms with van der Waals surface area (Å²) in [4.78, 5) is 10.2. The van der Waals surface area contributed by atoms with E-state index in [-0.39, 0.29) is 5.30 Å². The van der Waals surface area contributed by atoms with Gasteiger partial charge in [0.25, 0.3) is 0 Å². The lowest BCUT2D eigenvalue weighted by molar-refractivity contribution is 0.374. The molecule has 0 aliphatic carbocycles. The van der Waals surface area contributed by atoms with Gasteiger partial charge in [-0.05, 0) is 34.1 Å². The second-order valence-electron chi connectivity index (χ2n) is 4.50. The van der Waals surface area contributed by atoms with E-state index in [1.165, 1.54) is 13.2 Å². The number of ether oxygens (including phenoxy) is 1. The zero-order valence-corrected chi connectivity index (χ0v) is 13.6. The highest BCUT2D eigenvalue weighted by atomic mass is 79.9. The molecule has 1 atom stereocenters. The quantitative estimate of drug-likeness (QED) is 0.822. The minimum atomic E-state index is -3.94. The summed E-state index contributed by atoms with van der Waals surface area (Å²) in [7, 11) is -2.44. The minimum Gasteiger partial charge on any atom is -0.497 e. The van der Waals surface area contributed by atoms with Crippen LogP contribution in [0.15, 0.2) is 48.5 Å². The summed E-state index contributed by atoms with van der Waals surface area (Å²) in [6, 6.07) is 14.2. The lowest BCUT2D eigenvalue weighted by atomic mass is 10.1. The fraction of sp³-hybridized carbons (Fsp3) is 0.0667. The van der Waals surface area contributed by atoms with E-state index in [0.717, 1.165) is 5.56 Å². The topological polar surface area (TPSA) is 55.8 Å². The Morgan fingerprint density at radius 3 is 2.57 bits per heavy atom. The second-order valence-corrected chi connectivity index (χ2v) is 7.00. The van der Waals surface area contributed by atoms with Crippen molar-refractivity contribution >= 4 is 39.1 Å². The van der Waals surface area contributed by atoms with Gasteiger partial charge in [0, 0.05) is 11.1 Å². The van der Waals surface area contributed by atoms with Crippen LogP contribution < -0.4 is 10.0 Å². The van der Waals surface area contributed by atoms with Gasteiger partial charge in [-0.15, -0.1) is 0 Å². The van der Waals surface area contributed by atoms with E-state index in [1.807, 2.05) is 30.3 Å². The monoisotopic (exact) mass is 366 g/mol. The molecule has 0 aromatic heterocycles. The van der Waals surface area contributed by atoms with E-state index in [9.17, 15) is 9.46 Å². The molecule has 0 saturated carbocycles. The van der Waals surface area contributed by atoms with Crippen LogP contribution in [0.1, 0.15) is 11.1 Å². The predicted octanol–water partition coefficient (Wildman–Crippen LogP) is 3.76. The average Bonchev–Trinajstić information content (AvgIpc) is 2.51. The number of benzene rings is 2. The summed E-state index contributed by atoms with van der Waals surface area (Å²) < 4.78 is 23.6. The van der Waals surface area contributed by atoms with Crippen LogP contribution in [0.25, 0.3) is 10.2 Å². The molecule has 0 amide bonds. The van der Waals surface area contributed by atoms with E-state index in [2.05, 4.69) is 15.9 Å². The fourth-order valence-corrected chi connectivity index (χ4v) is 4.42. The highest BCUT2D eigenvalue weighted by Crippen LogP contribution is 2.54. The van der Waals surface area contributed by atoms with Gasteiger partial charge in [-0.2, -0.15) is 0 Å². The molecular weight excluding hydrogens is 355 g/mol. The molecular formula is C15H12BrO4P. The molecule has 2 aromatic carbocycles. The Labute approximate surface area is 130 Å². The first-order valence-corrected chi connectivity index (χ1v) is 8.56. The van der Waals surface area contributed by atoms with E-state index in [1.54, 1.807) is 12.1 Å². The first kappa shape index (κ1) is 14.4. The van der Waals surface area contributed by atoms with Crippen LogP contribution >= 0.6 is 23.5 Å². The van der Waals surface area contributed by atoms with Crippen molar-refractivity contribution in [3.63, 3.8) is 0 Å². The van der Waals surface area contributed by atoms with E-state index < -0.39 is 7.60 Å². The van der Waals surface area contributed by atoms with Crippen molar-refractivity contribution in [2.45, 2.75) is 0 Å². The van der Waals surface area contributed by atoms with E-state index in [0.29, 0.717) is 21.6 Å². The molecule has 6 heteroatoms. The van der Waals surface area contributed by atoms with Gasteiger partial charge in [0.15, 0.2) is 5.76 Å². The van der Waals surface area contributed by atoms with Crippen molar-refractivity contribution in [2.24, 2.45) is 0 Å². The molecule has 0 spiro atoms. The van der Waals surface area contributed by atoms with Gasteiger partial charge >= 0.3 is 7.60 Å². The Hall–Kier alpha value is -1.55. The zero-order chi connectivity index (χ0) is 15.0. The lowest BCUT2D eigenvalue weighted by Crippen LogP contribution is -2.17. The molecule has 1 aliphatic rings. The highest BCUT2D eigenvalue weighted by Gasteiger charge is 2.36. The number of methoxy groups -OCH3 is 1. The Bertz CT molecular complexity index is 770. The van der Waals surface area contributed by atoms with Crippen molar-refractivity contribution in [3.05, 3.63) is 59.7 Å². The Balaban J connectivity index is 2.23. The molecule has 1 heterocycles. The third-order valence-electron chi connectivity index (χ3n) is 3.20.